The van der Waals surface area contributed by atoms with Crippen LogP contribution < -0.4 is 5.73 Å². The van der Waals surface area contributed by atoms with Gasteiger partial charge in [0.05, 0.1) is 7.11 Å². The largest absolute Gasteiger partial charge is 0.452 e. The molecule has 0 aromatic heterocycles. The SMILES string of the molecule is COC(=O)N(C(N)=O)C(=O)CO. The van der Waals surface area contributed by atoms with Crippen LogP contribution in [0.15, 0.2) is 0 Å². The number of aliphatic hydroxyl groups excluding tert-OH is 1. The Morgan fingerprint density at radius 2 is 2.00 bits per heavy atom. The molecule has 0 rings (SSSR count). The summed E-state index contributed by atoms with van der Waals surface area (Å²) in [6.45, 7) is -0.988. The van der Waals surface area contributed by atoms with Gasteiger partial charge in [0, 0.05) is 0 Å². The van der Waals surface area contributed by atoms with Gasteiger partial charge in [-0.15, -0.1) is 0 Å². The Morgan fingerprint density at radius 1 is 1.50 bits per heavy atom. The lowest BCUT2D eigenvalue weighted by Gasteiger charge is -2.12. The molecule has 0 atom stereocenters. The molecule has 0 bridgehead atoms. The fourth-order valence-electron chi connectivity index (χ4n) is 0.477. The van der Waals surface area contributed by atoms with Gasteiger partial charge in [-0.1, -0.05) is 0 Å². The molecule has 7 heteroatoms. The molecule has 0 aliphatic heterocycles. The number of amides is 4. The number of ether oxygens (including phenoxy) is 1. The van der Waals surface area contributed by atoms with Gasteiger partial charge in [-0.2, -0.15) is 4.90 Å². The minimum atomic E-state index is -1.29. The predicted octanol–water partition coefficient (Wildman–Crippen LogP) is -1.35. The summed E-state index contributed by atoms with van der Waals surface area (Å²) in [4.78, 5) is 31.7. The number of imide groups is 3. The third-order valence-corrected chi connectivity index (χ3v) is 0.962. The van der Waals surface area contributed by atoms with Crippen LogP contribution in [0, 0.1) is 0 Å². The molecule has 0 aromatic carbocycles. The first-order valence-corrected chi connectivity index (χ1v) is 2.85. The first-order valence-electron chi connectivity index (χ1n) is 2.85. The first-order chi connectivity index (χ1) is 5.54. The lowest BCUT2D eigenvalue weighted by molar-refractivity contribution is -0.129. The third-order valence-electron chi connectivity index (χ3n) is 0.962. The second-order valence-electron chi connectivity index (χ2n) is 1.70. The molecule has 0 saturated carbocycles. The number of urea groups is 1. The number of carbonyl (C=O) groups excluding carboxylic acids is 3. The number of methoxy groups -OCH3 is 1. The second-order valence-corrected chi connectivity index (χ2v) is 1.70. The summed E-state index contributed by atoms with van der Waals surface area (Å²) in [5.41, 5.74) is 4.64. The van der Waals surface area contributed by atoms with E-state index >= 15 is 0 Å². The van der Waals surface area contributed by atoms with E-state index in [9.17, 15) is 14.4 Å². The van der Waals surface area contributed by atoms with Crippen molar-refractivity contribution in [3.05, 3.63) is 0 Å². The molecule has 0 saturated heterocycles. The van der Waals surface area contributed by atoms with Crippen LogP contribution in [-0.2, 0) is 9.53 Å². The van der Waals surface area contributed by atoms with Gasteiger partial charge in [-0.25, -0.2) is 9.59 Å². The second kappa shape index (κ2) is 4.29. The average Bonchev–Trinajstić information content (AvgIpc) is 2.03. The summed E-state index contributed by atoms with van der Waals surface area (Å²) in [7, 11) is 0.975. The molecule has 0 unspecified atom stereocenters. The van der Waals surface area contributed by atoms with Gasteiger partial charge in [0.25, 0.3) is 5.91 Å². The van der Waals surface area contributed by atoms with Gasteiger partial charge in [-0.3, -0.25) is 4.79 Å². The van der Waals surface area contributed by atoms with E-state index in [2.05, 4.69) is 10.5 Å². The minimum Gasteiger partial charge on any atom is -0.452 e. The summed E-state index contributed by atoms with van der Waals surface area (Å²) < 4.78 is 4.05. The van der Waals surface area contributed by atoms with E-state index < -0.39 is 24.6 Å². The van der Waals surface area contributed by atoms with Crippen molar-refractivity contribution in [3.63, 3.8) is 0 Å². The predicted molar refractivity (Wildman–Crippen MR) is 35.9 cm³/mol. The van der Waals surface area contributed by atoms with E-state index in [0.717, 1.165) is 7.11 Å². The number of hydrogen-bond donors (Lipinski definition) is 2. The Hall–Kier alpha value is -1.63. The highest BCUT2D eigenvalue weighted by Gasteiger charge is 2.26. The van der Waals surface area contributed by atoms with Crippen molar-refractivity contribution >= 4 is 18.0 Å². The monoisotopic (exact) mass is 176 g/mol. The summed E-state index contributed by atoms with van der Waals surface area (Å²) in [5.74, 6) is -1.13. The molecular formula is C5H8N2O5. The van der Waals surface area contributed by atoms with Gasteiger partial charge >= 0.3 is 12.1 Å². The topological polar surface area (TPSA) is 110 Å². The number of rotatable bonds is 1. The molecule has 0 aromatic rings. The minimum absolute atomic E-state index is 0. The molecule has 7 nitrogen and oxygen atoms in total. The maximum atomic E-state index is 10.6. The molecule has 12 heavy (non-hydrogen) atoms. The molecular weight excluding hydrogens is 168 g/mol. The highest BCUT2D eigenvalue weighted by molar-refractivity contribution is 6.07. The fraction of sp³-hybridized carbons (Fsp3) is 0.400. The maximum Gasteiger partial charge on any atom is 0.424 e. The maximum absolute atomic E-state index is 10.6. The van der Waals surface area contributed by atoms with Crippen LogP contribution in [0.1, 0.15) is 0 Å². The number of hydrogen-bond acceptors (Lipinski definition) is 5. The lowest BCUT2D eigenvalue weighted by atomic mass is 10.5. The summed E-state index contributed by atoms with van der Waals surface area (Å²) in [6.07, 6.45) is -1.22. The number of carbonyl (C=O) groups is 3. The molecule has 0 spiro atoms. The van der Waals surface area contributed by atoms with Crippen LogP contribution in [0.5, 0.6) is 0 Å². The Bertz CT molecular complexity index is 198. The van der Waals surface area contributed by atoms with Crippen LogP contribution in [-0.4, -0.2) is 41.8 Å². The Morgan fingerprint density at radius 3 is 2.25 bits per heavy atom. The first kappa shape index (κ1) is 10.4. The summed E-state index contributed by atoms with van der Waals surface area (Å²) in [5, 5.41) is 8.29. The van der Waals surface area contributed by atoms with Crippen molar-refractivity contribution in [2.45, 2.75) is 0 Å². The van der Waals surface area contributed by atoms with Crippen LogP contribution in [0.4, 0.5) is 9.59 Å². The molecule has 0 heterocycles. The van der Waals surface area contributed by atoms with Crippen LogP contribution in [0.2, 0.25) is 0 Å². The average molecular weight is 176 g/mol. The van der Waals surface area contributed by atoms with Crippen molar-refractivity contribution in [1.82, 2.24) is 4.90 Å². The zero-order valence-electron chi connectivity index (χ0n) is 6.31. The quantitative estimate of drug-likeness (QED) is 0.513. The van der Waals surface area contributed by atoms with Crippen molar-refractivity contribution in [2.75, 3.05) is 13.7 Å². The Balaban J connectivity index is 4.55. The Kier molecular flexibility index (Phi) is 3.71. The van der Waals surface area contributed by atoms with Crippen molar-refractivity contribution in [3.8, 4) is 0 Å². The van der Waals surface area contributed by atoms with Crippen LogP contribution in [0.3, 0.4) is 0 Å². The number of aliphatic hydroxyl groups is 1. The molecule has 4 amide bonds. The van der Waals surface area contributed by atoms with E-state index in [0.29, 0.717) is 0 Å². The van der Waals surface area contributed by atoms with Crippen LogP contribution in [0.25, 0.3) is 0 Å². The van der Waals surface area contributed by atoms with Crippen molar-refractivity contribution in [1.29, 1.82) is 0 Å². The fourth-order valence-corrected chi connectivity index (χ4v) is 0.477. The van der Waals surface area contributed by atoms with E-state index in [1.165, 1.54) is 0 Å². The van der Waals surface area contributed by atoms with E-state index in [4.69, 9.17) is 5.11 Å². The highest BCUT2D eigenvalue weighted by atomic mass is 16.5. The zero-order chi connectivity index (χ0) is 9.72. The van der Waals surface area contributed by atoms with Gasteiger partial charge < -0.3 is 15.6 Å². The third kappa shape index (κ3) is 2.20. The highest BCUT2D eigenvalue weighted by Crippen LogP contribution is 1.93. The molecule has 0 aliphatic carbocycles. The van der Waals surface area contributed by atoms with E-state index in [-0.39, 0.29) is 4.90 Å². The molecule has 0 aliphatic rings. The summed E-state index contributed by atoms with van der Waals surface area (Å²) >= 11 is 0. The van der Waals surface area contributed by atoms with E-state index in [1.807, 2.05) is 0 Å². The number of nitrogens with two attached hydrogens (primary N) is 1. The number of primary amides is 1. The van der Waals surface area contributed by atoms with Crippen molar-refractivity contribution < 1.29 is 24.2 Å². The van der Waals surface area contributed by atoms with Gasteiger partial charge in [0.1, 0.15) is 6.61 Å². The molecule has 3 N–H and O–H groups in total. The lowest BCUT2D eigenvalue weighted by Crippen LogP contribution is -2.46. The normalized spacial score (nSPS) is 8.83. The van der Waals surface area contributed by atoms with Gasteiger partial charge in [0.15, 0.2) is 0 Å². The summed E-state index contributed by atoms with van der Waals surface area (Å²) in [6, 6.07) is -1.29. The molecule has 0 radical (unpaired) electrons. The van der Waals surface area contributed by atoms with Gasteiger partial charge in [0.2, 0.25) is 0 Å². The molecule has 68 valence electrons. The number of nitrogens with zero attached hydrogens (tertiary/aromatic N) is 1. The van der Waals surface area contributed by atoms with E-state index in [1.54, 1.807) is 0 Å². The van der Waals surface area contributed by atoms with Gasteiger partial charge in [-0.05, 0) is 0 Å². The Labute approximate surface area is 67.7 Å². The zero-order valence-corrected chi connectivity index (χ0v) is 6.31. The standard InChI is InChI=1S/C5H8N2O5/c1-12-5(11)7(4(6)10)3(9)2-8/h8H,2H2,1H3,(H2,6,10). The smallest absolute Gasteiger partial charge is 0.424 e. The van der Waals surface area contributed by atoms with Crippen LogP contribution >= 0.6 is 0 Å². The molecule has 0 fully saturated rings. The van der Waals surface area contributed by atoms with Crippen molar-refractivity contribution in [2.24, 2.45) is 5.73 Å².